The number of nitrogens with zero attached hydrogens (tertiary/aromatic N) is 3. The molecular formula is C16H19ClN4O. The smallest absolute Gasteiger partial charge is 0.224 e. The molecule has 0 saturated carbocycles. The van der Waals surface area contributed by atoms with Gasteiger partial charge in [-0.3, -0.25) is 4.79 Å². The summed E-state index contributed by atoms with van der Waals surface area (Å²) in [7, 11) is 0. The van der Waals surface area contributed by atoms with Crippen LogP contribution < -0.4 is 5.32 Å². The van der Waals surface area contributed by atoms with Crippen LogP contribution in [0.2, 0.25) is 5.02 Å². The van der Waals surface area contributed by atoms with Crippen LogP contribution in [-0.2, 0) is 24.2 Å². The Hall–Kier alpha value is -1.88. The number of carbonyl (C=O) groups is 1. The van der Waals surface area contributed by atoms with E-state index in [1.54, 1.807) is 0 Å². The van der Waals surface area contributed by atoms with E-state index in [0.29, 0.717) is 11.4 Å². The molecular weight excluding hydrogens is 300 g/mol. The first-order valence-electron chi connectivity index (χ1n) is 7.51. The lowest BCUT2D eigenvalue weighted by atomic mass is 10.1. The molecule has 5 nitrogen and oxygen atoms in total. The van der Waals surface area contributed by atoms with Gasteiger partial charge in [-0.1, -0.05) is 23.7 Å². The zero-order valence-electron chi connectivity index (χ0n) is 12.8. The molecule has 1 N–H and O–H groups in total. The fourth-order valence-corrected chi connectivity index (χ4v) is 2.99. The summed E-state index contributed by atoms with van der Waals surface area (Å²) in [6.07, 6.45) is 2.38. The molecule has 1 aliphatic heterocycles. The van der Waals surface area contributed by atoms with Gasteiger partial charge in [0.2, 0.25) is 5.91 Å². The predicted octanol–water partition coefficient (Wildman–Crippen LogP) is 2.61. The van der Waals surface area contributed by atoms with Crippen molar-refractivity contribution < 1.29 is 4.79 Å². The van der Waals surface area contributed by atoms with Gasteiger partial charge < -0.3 is 9.88 Å². The Morgan fingerprint density at radius 2 is 2.27 bits per heavy atom. The van der Waals surface area contributed by atoms with Gasteiger partial charge in [0, 0.05) is 18.0 Å². The van der Waals surface area contributed by atoms with Gasteiger partial charge in [0.15, 0.2) is 5.82 Å². The van der Waals surface area contributed by atoms with Crippen LogP contribution in [0.3, 0.4) is 0 Å². The van der Waals surface area contributed by atoms with Crippen LogP contribution in [0.15, 0.2) is 18.2 Å². The Balaban J connectivity index is 1.64. The number of hydrogen-bond donors (Lipinski definition) is 1. The van der Waals surface area contributed by atoms with Crippen LogP contribution in [0.25, 0.3) is 0 Å². The van der Waals surface area contributed by atoms with Crippen molar-refractivity contribution in [3.63, 3.8) is 0 Å². The van der Waals surface area contributed by atoms with Gasteiger partial charge in [0.1, 0.15) is 5.82 Å². The molecule has 0 bridgehead atoms. The van der Waals surface area contributed by atoms with Crippen LogP contribution in [0, 0.1) is 6.92 Å². The maximum atomic E-state index is 12.2. The van der Waals surface area contributed by atoms with Crippen LogP contribution in [0.5, 0.6) is 0 Å². The van der Waals surface area contributed by atoms with Crippen molar-refractivity contribution in [1.82, 2.24) is 20.1 Å². The Morgan fingerprint density at radius 1 is 1.45 bits per heavy atom. The van der Waals surface area contributed by atoms with Crippen molar-refractivity contribution in [3.05, 3.63) is 46.0 Å². The number of rotatable bonds is 4. The maximum Gasteiger partial charge on any atom is 0.224 e. The standard InChI is InChI=1S/C16H19ClN4O/c1-10-5-6-12(8-13(10)17)9-15(22)18-11(2)16-20-19-14-4-3-7-21(14)16/h5-6,8,11H,3-4,7,9H2,1-2H3,(H,18,22). The van der Waals surface area contributed by atoms with Gasteiger partial charge in [-0.15, -0.1) is 10.2 Å². The molecule has 1 aromatic carbocycles. The predicted molar refractivity (Wildman–Crippen MR) is 84.8 cm³/mol. The number of nitrogens with one attached hydrogen (secondary N) is 1. The van der Waals surface area contributed by atoms with Crippen LogP contribution in [0.1, 0.15) is 42.2 Å². The van der Waals surface area contributed by atoms with E-state index in [-0.39, 0.29) is 11.9 Å². The fourth-order valence-electron chi connectivity index (χ4n) is 2.78. The zero-order chi connectivity index (χ0) is 15.7. The second-order valence-electron chi connectivity index (χ2n) is 5.78. The highest BCUT2D eigenvalue weighted by Crippen LogP contribution is 2.20. The van der Waals surface area contributed by atoms with E-state index >= 15 is 0 Å². The minimum atomic E-state index is -0.146. The molecule has 0 saturated heterocycles. The van der Waals surface area contributed by atoms with E-state index in [1.807, 2.05) is 32.0 Å². The molecule has 3 rings (SSSR count). The van der Waals surface area contributed by atoms with Crippen LogP contribution >= 0.6 is 11.6 Å². The molecule has 1 aliphatic rings. The lowest BCUT2D eigenvalue weighted by Gasteiger charge is -2.14. The van der Waals surface area contributed by atoms with Crippen molar-refractivity contribution in [2.45, 2.75) is 45.7 Å². The number of hydrogen-bond acceptors (Lipinski definition) is 3. The van der Waals surface area contributed by atoms with Gasteiger partial charge in [-0.05, 0) is 37.5 Å². The lowest BCUT2D eigenvalue weighted by molar-refractivity contribution is -0.121. The first kappa shape index (κ1) is 15.0. The molecule has 0 fully saturated rings. The average Bonchev–Trinajstić information content (AvgIpc) is 3.05. The Kier molecular flexibility index (Phi) is 4.16. The second-order valence-corrected chi connectivity index (χ2v) is 6.19. The van der Waals surface area contributed by atoms with Crippen molar-refractivity contribution in [3.8, 4) is 0 Å². The molecule has 0 spiro atoms. The van der Waals surface area contributed by atoms with Gasteiger partial charge in [-0.25, -0.2) is 0 Å². The summed E-state index contributed by atoms with van der Waals surface area (Å²) in [6, 6.07) is 5.56. The molecule has 1 unspecified atom stereocenters. The second kappa shape index (κ2) is 6.08. The van der Waals surface area contributed by atoms with E-state index in [2.05, 4.69) is 20.1 Å². The van der Waals surface area contributed by atoms with Crippen LogP contribution in [-0.4, -0.2) is 20.7 Å². The van der Waals surface area contributed by atoms with Crippen molar-refractivity contribution >= 4 is 17.5 Å². The zero-order valence-corrected chi connectivity index (χ0v) is 13.5. The summed E-state index contributed by atoms with van der Waals surface area (Å²) in [5.74, 6) is 1.81. The van der Waals surface area contributed by atoms with Crippen LogP contribution in [0.4, 0.5) is 0 Å². The maximum absolute atomic E-state index is 12.2. The number of benzene rings is 1. The Bertz CT molecular complexity index is 710. The van der Waals surface area contributed by atoms with Crippen molar-refractivity contribution in [1.29, 1.82) is 0 Å². The molecule has 6 heteroatoms. The molecule has 1 atom stereocenters. The third kappa shape index (κ3) is 2.99. The Morgan fingerprint density at radius 3 is 3.05 bits per heavy atom. The van der Waals surface area contributed by atoms with Crippen molar-refractivity contribution in [2.24, 2.45) is 0 Å². The van der Waals surface area contributed by atoms with Gasteiger partial charge in [-0.2, -0.15) is 0 Å². The van der Waals surface area contributed by atoms with Crippen molar-refractivity contribution in [2.75, 3.05) is 0 Å². The van der Waals surface area contributed by atoms with E-state index in [0.717, 1.165) is 42.2 Å². The van der Waals surface area contributed by atoms with Gasteiger partial charge in [0.05, 0.1) is 12.5 Å². The van der Waals surface area contributed by atoms with E-state index < -0.39 is 0 Å². The summed E-state index contributed by atoms with van der Waals surface area (Å²) in [4.78, 5) is 12.2. The first-order valence-corrected chi connectivity index (χ1v) is 7.89. The minimum Gasteiger partial charge on any atom is -0.346 e. The summed E-state index contributed by atoms with van der Waals surface area (Å²) >= 11 is 6.09. The first-order chi connectivity index (χ1) is 10.5. The third-order valence-corrected chi connectivity index (χ3v) is 4.41. The lowest BCUT2D eigenvalue weighted by Crippen LogP contribution is -2.30. The summed E-state index contributed by atoms with van der Waals surface area (Å²) in [5, 5.41) is 12.1. The largest absolute Gasteiger partial charge is 0.346 e. The number of amides is 1. The molecule has 116 valence electrons. The number of carbonyl (C=O) groups excluding carboxylic acids is 1. The molecule has 1 aromatic heterocycles. The SMILES string of the molecule is Cc1ccc(CC(=O)NC(C)c2nnc3n2CCC3)cc1Cl. The number of fused-ring (bicyclic) bond motifs is 1. The van der Waals surface area contributed by atoms with Gasteiger partial charge >= 0.3 is 0 Å². The molecule has 1 amide bonds. The molecule has 0 radical (unpaired) electrons. The number of aromatic nitrogens is 3. The van der Waals surface area contributed by atoms with Gasteiger partial charge in [0.25, 0.3) is 0 Å². The van der Waals surface area contributed by atoms with E-state index in [1.165, 1.54) is 0 Å². The highest BCUT2D eigenvalue weighted by Gasteiger charge is 2.22. The normalized spacial score (nSPS) is 14.7. The quantitative estimate of drug-likeness (QED) is 0.942. The molecule has 22 heavy (non-hydrogen) atoms. The number of aryl methyl sites for hydroxylation is 2. The average molecular weight is 319 g/mol. The summed E-state index contributed by atoms with van der Waals surface area (Å²) < 4.78 is 2.10. The fraction of sp³-hybridized carbons (Fsp3) is 0.438. The summed E-state index contributed by atoms with van der Waals surface area (Å²) in [6.45, 7) is 4.82. The monoisotopic (exact) mass is 318 g/mol. The molecule has 2 aromatic rings. The minimum absolute atomic E-state index is 0.0391. The summed E-state index contributed by atoms with van der Waals surface area (Å²) in [5.41, 5.74) is 1.92. The van der Waals surface area contributed by atoms with E-state index in [9.17, 15) is 4.79 Å². The Labute approximate surface area is 134 Å². The number of halogens is 1. The van der Waals surface area contributed by atoms with E-state index in [4.69, 9.17) is 11.6 Å². The third-order valence-electron chi connectivity index (χ3n) is 4.00. The topological polar surface area (TPSA) is 59.8 Å². The molecule has 2 heterocycles. The highest BCUT2D eigenvalue weighted by molar-refractivity contribution is 6.31. The molecule has 0 aliphatic carbocycles. The highest BCUT2D eigenvalue weighted by atomic mass is 35.5.